The van der Waals surface area contributed by atoms with E-state index in [1.54, 1.807) is 0 Å². The van der Waals surface area contributed by atoms with Crippen molar-refractivity contribution in [2.24, 2.45) is 0 Å². The summed E-state index contributed by atoms with van der Waals surface area (Å²) in [6.45, 7) is 10.8. The van der Waals surface area contributed by atoms with E-state index in [1.807, 2.05) is 0 Å². The molecule has 1 aromatic rings. The Kier molecular flexibility index (Phi) is 2.59. The van der Waals surface area contributed by atoms with Crippen LogP contribution in [-0.2, 0) is 5.41 Å². The number of benzene rings is 1. The Morgan fingerprint density at radius 3 is 2.50 bits per heavy atom. The summed E-state index contributed by atoms with van der Waals surface area (Å²) in [5.74, 6) is 0. The van der Waals surface area contributed by atoms with Gasteiger partial charge in [-0.3, -0.25) is 0 Å². The van der Waals surface area contributed by atoms with E-state index in [4.69, 9.17) is 0 Å². The van der Waals surface area contributed by atoms with Crippen LogP contribution in [0.5, 0.6) is 0 Å². The number of rotatable bonds is 0. The Bertz CT molecular complexity index is 485. The monoisotopic (exact) mass is 210 g/mol. The van der Waals surface area contributed by atoms with Gasteiger partial charge in [0.2, 0.25) is 0 Å². The fourth-order valence-corrected chi connectivity index (χ4v) is 2.34. The third-order valence-corrected chi connectivity index (χ3v) is 3.10. The van der Waals surface area contributed by atoms with E-state index in [2.05, 4.69) is 69.8 Å². The summed E-state index contributed by atoms with van der Waals surface area (Å²) in [4.78, 5) is 0. The topological polar surface area (TPSA) is 0 Å². The molecule has 0 aromatic heterocycles. The maximum absolute atomic E-state index is 4.14. The summed E-state index contributed by atoms with van der Waals surface area (Å²) in [6.07, 6.45) is 6.55. The lowest BCUT2D eigenvalue weighted by molar-refractivity contribution is 0.663. The molecule has 0 bridgehead atoms. The lowest BCUT2D eigenvalue weighted by Crippen LogP contribution is -2.17. The van der Waals surface area contributed by atoms with Crippen molar-refractivity contribution >= 4 is 5.57 Å². The maximum Gasteiger partial charge on any atom is 0.00871 e. The second-order valence-corrected chi connectivity index (χ2v) is 5.01. The van der Waals surface area contributed by atoms with Crippen LogP contribution in [0.3, 0.4) is 0 Å². The molecule has 0 spiro atoms. The van der Waals surface area contributed by atoms with Crippen LogP contribution in [-0.4, -0.2) is 0 Å². The number of fused-ring (bicyclic) bond motifs is 1. The smallest absolute Gasteiger partial charge is 0.00871 e. The van der Waals surface area contributed by atoms with Gasteiger partial charge < -0.3 is 0 Å². The van der Waals surface area contributed by atoms with Crippen LogP contribution in [0.15, 0.2) is 54.6 Å². The van der Waals surface area contributed by atoms with Crippen molar-refractivity contribution in [1.29, 1.82) is 0 Å². The highest BCUT2D eigenvalue weighted by molar-refractivity contribution is 5.76. The average Bonchev–Trinajstić information content (AvgIpc) is 2.24. The minimum Gasteiger partial charge on any atom is -0.0911 e. The van der Waals surface area contributed by atoms with Gasteiger partial charge in [0.15, 0.2) is 0 Å². The maximum atomic E-state index is 4.14. The first-order valence-corrected chi connectivity index (χ1v) is 5.67. The van der Waals surface area contributed by atoms with E-state index in [1.165, 1.54) is 16.7 Å². The fourth-order valence-electron chi connectivity index (χ4n) is 2.34. The Morgan fingerprint density at radius 1 is 1.06 bits per heavy atom. The molecular weight excluding hydrogens is 192 g/mol. The van der Waals surface area contributed by atoms with Crippen molar-refractivity contribution < 1.29 is 0 Å². The van der Waals surface area contributed by atoms with E-state index >= 15 is 0 Å². The number of allylic oxidation sites excluding steroid dienone is 5. The lowest BCUT2D eigenvalue weighted by Gasteiger charge is -2.26. The molecule has 82 valence electrons. The normalized spacial score (nSPS) is 23.7. The molecule has 0 fully saturated rings. The molecule has 0 heteroatoms. The van der Waals surface area contributed by atoms with Gasteiger partial charge in [-0.05, 0) is 23.6 Å². The summed E-state index contributed by atoms with van der Waals surface area (Å²) >= 11 is 0. The van der Waals surface area contributed by atoms with E-state index in [0.29, 0.717) is 0 Å². The summed E-state index contributed by atoms with van der Waals surface area (Å²) in [5, 5.41) is 0. The molecule has 0 nitrogen and oxygen atoms in total. The molecule has 0 amide bonds. The Labute approximate surface area is 98.0 Å². The zero-order valence-corrected chi connectivity index (χ0v) is 10.2. The predicted octanol–water partition coefficient (Wildman–Crippen LogP) is 4.49. The van der Waals surface area contributed by atoms with Crippen LogP contribution in [0.25, 0.3) is 5.57 Å². The Morgan fingerprint density at radius 2 is 1.75 bits per heavy atom. The SMILES string of the molecule is C=C1/C=C\C(C)=C/C(C)(C)c2ccccc21. The molecule has 1 aliphatic rings. The summed E-state index contributed by atoms with van der Waals surface area (Å²) in [5.41, 5.74) is 5.06. The van der Waals surface area contributed by atoms with Crippen molar-refractivity contribution in [3.63, 3.8) is 0 Å². The van der Waals surface area contributed by atoms with E-state index in [0.717, 1.165) is 5.57 Å². The van der Waals surface area contributed by atoms with Crippen molar-refractivity contribution in [2.45, 2.75) is 26.2 Å². The second kappa shape index (κ2) is 3.79. The molecule has 2 rings (SSSR count). The van der Waals surface area contributed by atoms with Gasteiger partial charge in [-0.15, -0.1) is 0 Å². The van der Waals surface area contributed by atoms with Crippen LogP contribution in [0.2, 0.25) is 0 Å². The first-order valence-electron chi connectivity index (χ1n) is 5.67. The molecule has 16 heavy (non-hydrogen) atoms. The third-order valence-electron chi connectivity index (χ3n) is 3.10. The molecule has 1 aromatic carbocycles. The number of hydrogen-bond donors (Lipinski definition) is 0. The van der Waals surface area contributed by atoms with Gasteiger partial charge >= 0.3 is 0 Å². The zero-order chi connectivity index (χ0) is 11.8. The highest BCUT2D eigenvalue weighted by Gasteiger charge is 2.22. The lowest BCUT2D eigenvalue weighted by atomic mass is 9.78. The molecule has 1 aliphatic carbocycles. The van der Waals surface area contributed by atoms with Gasteiger partial charge in [0, 0.05) is 5.41 Å². The zero-order valence-electron chi connectivity index (χ0n) is 10.2. The molecular formula is C16H18. The minimum atomic E-state index is 0.0639. The van der Waals surface area contributed by atoms with Crippen molar-refractivity contribution in [1.82, 2.24) is 0 Å². The fraction of sp³-hybridized carbons (Fsp3) is 0.250. The minimum absolute atomic E-state index is 0.0639. The molecule has 0 saturated carbocycles. The third kappa shape index (κ3) is 1.88. The summed E-state index contributed by atoms with van der Waals surface area (Å²) in [7, 11) is 0. The van der Waals surface area contributed by atoms with Crippen molar-refractivity contribution in [3.05, 3.63) is 65.8 Å². The second-order valence-electron chi connectivity index (χ2n) is 5.01. The molecule has 0 radical (unpaired) electrons. The first-order chi connectivity index (χ1) is 7.50. The molecule has 0 saturated heterocycles. The van der Waals surface area contributed by atoms with Crippen LogP contribution in [0.1, 0.15) is 31.9 Å². The molecule has 0 aliphatic heterocycles. The van der Waals surface area contributed by atoms with Gasteiger partial charge in [-0.25, -0.2) is 0 Å². The summed E-state index contributed by atoms with van der Waals surface area (Å²) in [6, 6.07) is 8.52. The Hall–Kier alpha value is -1.56. The van der Waals surface area contributed by atoms with Gasteiger partial charge in [0.1, 0.15) is 0 Å². The van der Waals surface area contributed by atoms with E-state index in [-0.39, 0.29) is 5.41 Å². The first kappa shape index (κ1) is 10.9. The van der Waals surface area contributed by atoms with Gasteiger partial charge in [0.05, 0.1) is 0 Å². The van der Waals surface area contributed by atoms with Crippen LogP contribution in [0, 0.1) is 0 Å². The van der Waals surface area contributed by atoms with Gasteiger partial charge in [-0.2, -0.15) is 0 Å². The quantitative estimate of drug-likeness (QED) is 0.591. The van der Waals surface area contributed by atoms with Gasteiger partial charge in [0.25, 0.3) is 0 Å². The highest BCUT2D eigenvalue weighted by atomic mass is 14.3. The Balaban J connectivity index is 2.71. The molecule has 0 N–H and O–H groups in total. The largest absolute Gasteiger partial charge is 0.0911 e. The van der Waals surface area contributed by atoms with Gasteiger partial charge in [-0.1, -0.05) is 68.5 Å². The molecule has 0 unspecified atom stereocenters. The highest BCUT2D eigenvalue weighted by Crippen LogP contribution is 2.34. The van der Waals surface area contributed by atoms with Crippen LogP contribution >= 0.6 is 0 Å². The van der Waals surface area contributed by atoms with E-state index in [9.17, 15) is 0 Å². The van der Waals surface area contributed by atoms with E-state index < -0.39 is 0 Å². The van der Waals surface area contributed by atoms with Crippen molar-refractivity contribution in [2.75, 3.05) is 0 Å². The molecule has 0 heterocycles. The number of hydrogen-bond acceptors (Lipinski definition) is 0. The standard InChI is InChI=1S/C16H18/c1-12-9-10-13(2)14-7-5-6-8-15(14)16(3,4)11-12/h5-11H,2H2,1,3-4H3/b10-9-,12-11-. The predicted molar refractivity (Wildman–Crippen MR) is 71.4 cm³/mol. The average molecular weight is 210 g/mol. The van der Waals surface area contributed by atoms with Crippen LogP contribution < -0.4 is 0 Å². The van der Waals surface area contributed by atoms with Crippen molar-refractivity contribution in [3.8, 4) is 0 Å². The molecule has 0 atom stereocenters. The van der Waals surface area contributed by atoms with Crippen LogP contribution in [0.4, 0.5) is 0 Å². The summed E-state index contributed by atoms with van der Waals surface area (Å²) < 4.78 is 0.